The summed E-state index contributed by atoms with van der Waals surface area (Å²) in [7, 11) is 0. The normalized spacial score (nSPS) is 12.9. The molecule has 6 heteroatoms. The number of nitrogens with zero attached hydrogens (tertiary/aromatic N) is 1. The molecule has 1 N–H and O–H groups in total. The third-order valence-electron chi connectivity index (χ3n) is 3.84. The van der Waals surface area contributed by atoms with Crippen LogP contribution in [0.15, 0.2) is 28.8 Å². The molecule has 0 spiro atoms. The molecule has 0 radical (unpaired) electrons. The Labute approximate surface area is 141 Å². The first kappa shape index (κ1) is 16.4. The molecule has 1 aliphatic rings. The summed E-state index contributed by atoms with van der Waals surface area (Å²) in [6, 6.07) is 7.85. The van der Waals surface area contributed by atoms with Gasteiger partial charge in [-0.15, -0.1) is 0 Å². The predicted molar refractivity (Wildman–Crippen MR) is 88.3 cm³/mol. The lowest BCUT2D eigenvalue weighted by Gasteiger charge is -2.18. The summed E-state index contributed by atoms with van der Waals surface area (Å²) in [6.45, 7) is 3.69. The van der Waals surface area contributed by atoms with Gasteiger partial charge in [-0.25, -0.2) is 0 Å². The molecule has 2 aromatic rings. The van der Waals surface area contributed by atoms with Crippen LogP contribution in [-0.4, -0.2) is 30.8 Å². The Morgan fingerprint density at radius 2 is 2.00 bits per heavy atom. The number of ether oxygens (including phenoxy) is 2. The second-order valence-electron chi connectivity index (χ2n) is 5.89. The second kappa shape index (κ2) is 7.86. The summed E-state index contributed by atoms with van der Waals surface area (Å²) in [5.41, 5.74) is 1.89. The van der Waals surface area contributed by atoms with E-state index in [-0.39, 0.29) is 12.3 Å². The third-order valence-corrected chi connectivity index (χ3v) is 3.84. The average Bonchev–Trinajstić information content (AvgIpc) is 2.99. The van der Waals surface area contributed by atoms with Crippen LogP contribution >= 0.6 is 0 Å². The van der Waals surface area contributed by atoms with Crippen LogP contribution in [0.25, 0.3) is 0 Å². The molecule has 24 heavy (non-hydrogen) atoms. The number of aryl methyl sites for hydroxylation is 2. The Bertz CT molecular complexity index is 696. The number of aromatic nitrogens is 1. The highest BCUT2D eigenvalue weighted by Crippen LogP contribution is 2.31. The number of hydrogen-bond donors (Lipinski definition) is 1. The number of unbranched alkanes of at least 4 members (excludes halogenated alkanes) is 1. The summed E-state index contributed by atoms with van der Waals surface area (Å²) in [5, 5.41) is 6.73. The Hall–Kier alpha value is -2.50. The monoisotopic (exact) mass is 330 g/mol. The van der Waals surface area contributed by atoms with Gasteiger partial charge in [-0.1, -0.05) is 11.2 Å². The predicted octanol–water partition coefficient (Wildman–Crippen LogP) is 2.44. The van der Waals surface area contributed by atoms with E-state index in [1.54, 1.807) is 6.07 Å². The fraction of sp³-hybridized carbons (Fsp3) is 0.444. The van der Waals surface area contributed by atoms with Crippen LogP contribution in [0.1, 0.15) is 29.9 Å². The number of hydrogen-bond acceptors (Lipinski definition) is 5. The molecule has 0 aliphatic carbocycles. The molecule has 0 saturated heterocycles. The Kier molecular flexibility index (Phi) is 5.36. The summed E-state index contributed by atoms with van der Waals surface area (Å²) in [4.78, 5) is 11.8. The zero-order valence-electron chi connectivity index (χ0n) is 13.8. The van der Waals surface area contributed by atoms with Crippen molar-refractivity contribution in [1.29, 1.82) is 0 Å². The fourth-order valence-corrected chi connectivity index (χ4v) is 2.65. The van der Waals surface area contributed by atoms with Crippen LogP contribution in [0.3, 0.4) is 0 Å². The molecule has 128 valence electrons. The van der Waals surface area contributed by atoms with Gasteiger partial charge in [-0.2, -0.15) is 0 Å². The number of benzene rings is 1. The van der Waals surface area contributed by atoms with Crippen molar-refractivity contribution in [3.63, 3.8) is 0 Å². The number of carbonyl (C=O) groups excluding carboxylic acids is 1. The first-order valence-corrected chi connectivity index (χ1v) is 8.28. The highest BCUT2D eigenvalue weighted by Gasteiger charge is 2.11. The molecule has 0 atom stereocenters. The van der Waals surface area contributed by atoms with E-state index in [2.05, 4.69) is 16.5 Å². The summed E-state index contributed by atoms with van der Waals surface area (Å²) >= 11 is 0. The zero-order chi connectivity index (χ0) is 16.8. The first-order chi connectivity index (χ1) is 11.7. The maximum Gasteiger partial charge on any atom is 0.226 e. The number of nitrogens with one attached hydrogen (secondary N) is 1. The highest BCUT2D eigenvalue weighted by atomic mass is 16.6. The van der Waals surface area contributed by atoms with Crippen LogP contribution in [0, 0.1) is 6.92 Å². The van der Waals surface area contributed by atoms with Crippen molar-refractivity contribution in [2.24, 2.45) is 0 Å². The number of fused-ring (bicyclic) bond motifs is 1. The van der Waals surface area contributed by atoms with Crippen molar-refractivity contribution >= 4 is 5.91 Å². The van der Waals surface area contributed by atoms with Gasteiger partial charge in [0.05, 0.1) is 12.1 Å². The molecular weight excluding hydrogens is 308 g/mol. The van der Waals surface area contributed by atoms with Crippen LogP contribution in [-0.2, 0) is 17.6 Å². The number of amides is 1. The van der Waals surface area contributed by atoms with Gasteiger partial charge in [0.25, 0.3) is 0 Å². The molecule has 6 nitrogen and oxygen atoms in total. The van der Waals surface area contributed by atoms with Crippen molar-refractivity contribution in [2.45, 2.75) is 32.6 Å². The van der Waals surface area contributed by atoms with Gasteiger partial charge < -0.3 is 19.3 Å². The van der Waals surface area contributed by atoms with E-state index < -0.39 is 0 Å². The van der Waals surface area contributed by atoms with Crippen molar-refractivity contribution < 1.29 is 18.8 Å². The minimum Gasteiger partial charge on any atom is -0.486 e. The fourth-order valence-electron chi connectivity index (χ4n) is 2.65. The number of carbonyl (C=O) groups is 1. The lowest BCUT2D eigenvalue weighted by Crippen LogP contribution is -2.26. The van der Waals surface area contributed by atoms with E-state index in [0.717, 1.165) is 36.5 Å². The summed E-state index contributed by atoms with van der Waals surface area (Å²) < 4.78 is 16.0. The van der Waals surface area contributed by atoms with Crippen LogP contribution in [0.4, 0.5) is 0 Å². The van der Waals surface area contributed by atoms with Gasteiger partial charge in [0.2, 0.25) is 5.91 Å². The van der Waals surface area contributed by atoms with E-state index in [9.17, 15) is 4.79 Å². The van der Waals surface area contributed by atoms with E-state index in [4.69, 9.17) is 14.0 Å². The topological polar surface area (TPSA) is 73.6 Å². The lowest BCUT2D eigenvalue weighted by molar-refractivity contribution is -0.120. The molecule has 0 unspecified atom stereocenters. The van der Waals surface area contributed by atoms with Gasteiger partial charge in [-0.3, -0.25) is 4.79 Å². The van der Waals surface area contributed by atoms with E-state index in [0.29, 0.717) is 25.5 Å². The van der Waals surface area contributed by atoms with Crippen LogP contribution in [0.2, 0.25) is 0 Å². The largest absolute Gasteiger partial charge is 0.486 e. The molecule has 0 bridgehead atoms. The molecule has 2 heterocycles. The van der Waals surface area contributed by atoms with Gasteiger partial charge >= 0.3 is 0 Å². The van der Waals surface area contributed by atoms with Crippen LogP contribution in [0.5, 0.6) is 11.5 Å². The SMILES string of the molecule is Cc1cc(CC(=O)NCCCCc2ccc3c(c2)OCCO3)no1. The van der Waals surface area contributed by atoms with Crippen molar-refractivity contribution in [3.8, 4) is 11.5 Å². The summed E-state index contributed by atoms with van der Waals surface area (Å²) in [5.74, 6) is 2.34. The van der Waals surface area contributed by atoms with Gasteiger partial charge in [0.1, 0.15) is 19.0 Å². The van der Waals surface area contributed by atoms with Crippen molar-refractivity contribution in [2.75, 3.05) is 19.8 Å². The minimum atomic E-state index is -0.0253. The maximum absolute atomic E-state index is 11.8. The molecule has 1 aliphatic heterocycles. The summed E-state index contributed by atoms with van der Waals surface area (Å²) in [6.07, 6.45) is 3.15. The third kappa shape index (κ3) is 4.50. The molecule has 0 fully saturated rings. The van der Waals surface area contributed by atoms with Gasteiger partial charge in [0.15, 0.2) is 11.5 Å². The van der Waals surface area contributed by atoms with Gasteiger partial charge in [0, 0.05) is 12.6 Å². The molecule has 1 aromatic heterocycles. The Morgan fingerprint density at radius 3 is 2.79 bits per heavy atom. The Morgan fingerprint density at radius 1 is 1.17 bits per heavy atom. The Balaban J connectivity index is 1.34. The second-order valence-corrected chi connectivity index (χ2v) is 5.89. The van der Waals surface area contributed by atoms with E-state index in [1.165, 1.54) is 5.56 Å². The smallest absolute Gasteiger partial charge is 0.226 e. The van der Waals surface area contributed by atoms with E-state index >= 15 is 0 Å². The number of rotatable bonds is 7. The lowest BCUT2D eigenvalue weighted by atomic mass is 10.1. The quantitative estimate of drug-likeness (QED) is 0.789. The molecule has 1 aromatic carbocycles. The van der Waals surface area contributed by atoms with Crippen LogP contribution < -0.4 is 14.8 Å². The standard InChI is InChI=1S/C18H22N2O4/c1-13-10-15(20-24-13)12-18(21)19-7-3-2-4-14-5-6-16-17(11-14)23-9-8-22-16/h5-6,10-11H,2-4,7-9,12H2,1H3,(H,19,21). The molecular formula is C18H22N2O4. The highest BCUT2D eigenvalue weighted by molar-refractivity contribution is 5.77. The average molecular weight is 330 g/mol. The minimum absolute atomic E-state index is 0.0253. The molecule has 0 saturated carbocycles. The van der Waals surface area contributed by atoms with Crippen molar-refractivity contribution in [3.05, 3.63) is 41.3 Å². The van der Waals surface area contributed by atoms with E-state index in [1.807, 2.05) is 19.1 Å². The molecule has 3 rings (SSSR count). The maximum atomic E-state index is 11.8. The van der Waals surface area contributed by atoms with Gasteiger partial charge in [-0.05, 0) is 43.9 Å². The molecule has 1 amide bonds. The van der Waals surface area contributed by atoms with Crippen molar-refractivity contribution in [1.82, 2.24) is 10.5 Å². The zero-order valence-corrected chi connectivity index (χ0v) is 13.8. The first-order valence-electron chi connectivity index (χ1n) is 8.28.